The van der Waals surface area contributed by atoms with E-state index in [1.807, 2.05) is 0 Å². The van der Waals surface area contributed by atoms with E-state index in [4.69, 9.17) is 0 Å². The Hall–Kier alpha value is -3.07. The van der Waals surface area contributed by atoms with Crippen LogP contribution in [0.3, 0.4) is 0 Å². The summed E-state index contributed by atoms with van der Waals surface area (Å²) in [5.74, 6) is 0.396. The predicted octanol–water partition coefficient (Wildman–Crippen LogP) is 3.39. The van der Waals surface area contributed by atoms with Crippen molar-refractivity contribution >= 4 is 0 Å². The van der Waals surface area contributed by atoms with Gasteiger partial charge in [-0.3, -0.25) is 4.90 Å². The van der Waals surface area contributed by atoms with Crippen LogP contribution < -0.4 is 4.74 Å². The summed E-state index contributed by atoms with van der Waals surface area (Å²) in [4.78, 5) is 19.0. The Morgan fingerprint density at radius 3 is 2.64 bits per heavy atom. The Labute approximate surface area is 159 Å². The maximum Gasteiger partial charge on any atom is 0.573 e. The van der Waals surface area contributed by atoms with E-state index in [0.717, 1.165) is 16.8 Å². The number of rotatable bonds is 4. The fourth-order valence-corrected chi connectivity index (χ4v) is 3.16. The minimum atomic E-state index is -4.71. The summed E-state index contributed by atoms with van der Waals surface area (Å²) in [7, 11) is 0. The summed E-state index contributed by atoms with van der Waals surface area (Å²) in [6.07, 6.45) is 2.48. The fourth-order valence-electron chi connectivity index (χ4n) is 3.16. The summed E-state index contributed by atoms with van der Waals surface area (Å²) in [5, 5.41) is 0. The van der Waals surface area contributed by atoms with Crippen molar-refractivity contribution < 1.29 is 17.9 Å². The summed E-state index contributed by atoms with van der Waals surface area (Å²) in [5.41, 5.74) is 3.12. The van der Waals surface area contributed by atoms with Gasteiger partial charge in [0.1, 0.15) is 12.1 Å². The van der Waals surface area contributed by atoms with E-state index in [0.29, 0.717) is 37.4 Å². The Bertz CT molecular complexity index is 965. The average Bonchev–Trinajstić information content (AvgIpc) is 2.69. The van der Waals surface area contributed by atoms with E-state index in [-0.39, 0.29) is 5.75 Å². The number of aromatic nitrogens is 4. The Morgan fingerprint density at radius 1 is 1.07 bits per heavy atom. The van der Waals surface area contributed by atoms with E-state index in [1.54, 1.807) is 30.7 Å². The molecule has 0 unspecified atom stereocenters. The van der Waals surface area contributed by atoms with Crippen LogP contribution in [-0.4, -0.2) is 37.7 Å². The van der Waals surface area contributed by atoms with Crippen LogP contribution in [0.4, 0.5) is 13.2 Å². The third-order valence-electron chi connectivity index (χ3n) is 4.42. The van der Waals surface area contributed by atoms with Crippen LogP contribution in [-0.2, 0) is 19.5 Å². The van der Waals surface area contributed by atoms with E-state index in [1.165, 1.54) is 18.5 Å². The number of benzene rings is 1. The lowest BCUT2D eigenvalue weighted by Gasteiger charge is -2.28. The van der Waals surface area contributed by atoms with Gasteiger partial charge in [0.25, 0.3) is 0 Å². The normalized spacial score (nSPS) is 14.5. The second kappa shape index (κ2) is 7.51. The first-order valence-corrected chi connectivity index (χ1v) is 8.64. The first-order chi connectivity index (χ1) is 13.5. The molecule has 0 N–H and O–H groups in total. The Kier molecular flexibility index (Phi) is 4.91. The molecule has 0 fully saturated rings. The van der Waals surface area contributed by atoms with Gasteiger partial charge in [0.05, 0.1) is 11.3 Å². The second-order valence-electron chi connectivity index (χ2n) is 6.41. The highest BCUT2D eigenvalue weighted by molar-refractivity contribution is 5.52. The average molecular weight is 387 g/mol. The van der Waals surface area contributed by atoms with Crippen LogP contribution in [0.5, 0.6) is 5.75 Å². The smallest absolute Gasteiger partial charge is 0.405 e. The maximum absolute atomic E-state index is 12.6. The maximum atomic E-state index is 12.6. The molecule has 0 bridgehead atoms. The summed E-state index contributed by atoms with van der Waals surface area (Å²) in [6, 6.07) is 6.20. The molecule has 2 aromatic heterocycles. The van der Waals surface area contributed by atoms with Gasteiger partial charge >= 0.3 is 6.36 Å². The van der Waals surface area contributed by atoms with E-state index in [9.17, 15) is 13.2 Å². The van der Waals surface area contributed by atoms with Crippen molar-refractivity contribution in [2.24, 2.45) is 0 Å². The largest absolute Gasteiger partial charge is 0.573 e. The molecule has 28 heavy (non-hydrogen) atoms. The molecule has 144 valence electrons. The zero-order valence-corrected chi connectivity index (χ0v) is 14.7. The van der Waals surface area contributed by atoms with Crippen LogP contribution in [0.1, 0.15) is 16.8 Å². The third kappa shape index (κ3) is 4.25. The zero-order valence-electron chi connectivity index (χ0n) is 14.7. The standard InChI is InChI=1S/C19H16F3N5O/c20-19(21,22)28-17-4-2-1-3-13(17)10-27-6-5-16-15(11-27)9-25-18(26-16)14-7-23-12-24-8-14/h1-4,7-9,12H,5-6,10-11H2. The number of para-hydroxylation sites is 1. The highest BCUT2D eigenvalue weighted by Crippen LogP contribution is 2.28. The molecule has 3 aromatic rings. The molecule has 0 spiro atoms. The number of hydrogen-bond acceptors (Lipinski definition) is 6. The minimum absolute atomic E-state index is 0.170. The van der Waals surface area contributed by atoms with Crippen LogP contribution in [0.2, 0.25) is 0 Å². The molecule has 1 aliphatic rings. The monoisotopic (exact) mass is 387 g/mol. The molecule has 6 nitrogen and oxygen atoms in total. The topological polar surface area (TPSA) is 64.0 Å². The van der Waals surface area contributed by atoms with Gasteiger partial charge in [0.2, 0.25) is 0 Å². The van der Waals surface area contributed by atoms with Gasteiger partial charge in [0, 0.05) is 55.8 Å². The van der Waals surface area contributed by atoms with Crippen molar-refractivity contribution in [2.45, 2.75) is 25.9 Å². The summed E-state index contributed by atoms with van der Waals surface area (Å²) in [6.45, 7) is 1.58. The van der Waals surface area contributed by atoms with Crippen LogP contribution in [0.25, 0.3) is 11.4 Å². The van der Waals surface area contributed by atoms with Crippen LogP contribution >= 0.6 is 0 Å². The first kappa shape index (κ1) is 18.3. The van der Waals surface area contributed by atoms with Gasteiger partial charge in [-0.25, -0.2) is 19.9 Å². The van der Waals surface area contributed by atoms with Gasteiger partial charge in [0.15, 0.2) is 5.82 Å². The second-order valence-corrected chi connectivity index (χ2v) is 6.41. The van der Waals surface area contributed by atoms with Gasteiger partial charge in [-0.1, -0.05) is 18.2 Å². The number of fused-ring (bicyclic) bond motifs is 1. The van der Waals surface area contributed by atoms with Gasteiger partial charge in [-0.15, -0.1) is 13.2 Å². The molecule has 3 heterocycles. The Morgan fingerprint density at radius 2 is 1.86 bits per heavy atom. The van der Waals surface area contributed by atoms with Crippen molar-refractivity contribution in [3.8, 4) is 17.1 Å². The molecule has 9 heteroatoms. The molecular formula is C19H16F3N5O. The van der Waals surface area contributed by atoms with Crippen LogP contribution in [0.15, 0.2) is 49.2 Å². The predicted molar refractivity (Wildman–Crippen MR) is 94.0 cm³/mol. The molecule has 0 saturated heterocycles. The quantitative estimate of drug-likeness (QED) is 0.684. The molecule has 1 aliphatic heterocycles. The lowest BCUT2D eigenvalue weighted by Crippen LogP contribution is -2.31. The highest BCUT2D eigenvalue weighted by Gasteiger charge is 2.32. The number of hydrogen-bond donors (Lipinski definition) is 0. The third-order valence-corrected chi connectivity index (χ3v) is 4.42. The minimum Gasteiger partial charge on any atom is -0.405 e. The van der Waals surface area contributed by atoms with E-state index >= 15 is 0 Å². The van der Waals surface area contributed by atoms with E-state index in [2.05, 4.69) is 29.6 Å². The number of alkyl halides is 3. The molecule has 0 atom stereocenters. The number of halogens is 3. The molecule has 0 saturated carbocycles. The van der Waals surface area contributed by atoms with Crippen molar-refractivity contribution in [3.05, 3.63) is 66.0 Å². The zero-order chi connectivity index (χ0) is 19.6. The van der Waals surface area contributed by atoms with Gasteiger partial charge in [-0.05, 0) is 6.07 Å². The van der Waals surface area contributed by atoms with Crippen molar-refractivity contribution in [2.75, 3.05) is 6.54 Å². The lowest BCUT2D eigenvalue weighted by molar-refractivity contribution is -0.275. The van der Waals surface area contributed by atoms with Gasteiger partial charge in [-0.2, -0.15) is 0 Å². The highest BCUT2D eigenvalue weighted by atomic mass is 19.4. The first-order valence-electron chi connectivity index (χ1n) is 8.64. The van der Waals surface area contributed by atoms with E-state index < -0.39 is 6.36 Å². The molecule has 0 aliphatic carbocycles. The lowest BCUT2D eigenvalue weighted by atomic mass is 10.1. The van der Waals surface area contributed by atoms with Crippen molar-refractivity contribution in [1.82, 2.24) is 24.8 Å². The fraction of sp³-hybridized carbons (Fsp3) is 0.263. The van der Waals surface area contributed by atoms with Gasteiger partial charge < -0.3 is 4.74 Å². The molecule has 0 radical (unpaired) electrons. The van der Waals surface area contributed by atoms with Crippen LogP contribution in [0, 0.1) is 0 Å². The number of nitrogens with zero attached hydrogens (tertiary/aromatic N) is 5. The van der Waals surface area contributed by atoms with Crippen molar-refractivity contribution in [3.63, 3.8) is 0 Å². The molecular weight excluding hydrogens is 371 g/mol. The SMILES string of the molecule is FC(F)(F)Oc1ccccc1CN1CCc2nc(-c3cncnc3)ncc2C1. The van der Waals surface area contributed by atoms with Crippen molar-refractivity contribution in [1.29, 1.82) is 0 Å². The Balaban J connectivity index is 1.50. The molecule has 4 rings (SSSR count). The summed E-state index contributed by atoms with van der Waals surface area (Å²) < 4.78 is 42.0. The summed E-state index contributed by atoms with van der Waals surface area (Å²) >= 11 is 0. The number of ether oxygens (including phenoxy) is 1. The molecule has 0 amide bonds. The molecule has 1 aromatic carbocycles.